The van der Waals surface area contributed by atoms with Crippen LogP contribution in [0, 0.1) is 0 Å². The minimum atomic E-state index is 0.0449. The summed E-state index contributed by atoms with van der Waals surface area (Å²) in [6.45, 7) is 5.84. The predicted octanol–water partition coefficient (Wildman–Crippen LogP) is 1.92. The highest BCUT2D eigenvalue weighted by Crippen LogP contribution is 2.27. The summed E-state index contributed by atoms with van der Waals surface area (Å²) in [5, 5.41) is 3.52. The maximum Gasteiger partial charge on any atom is 0.220 e. The van der Waals surface area contributed by atoms with Crippen LogP contribution in [-0.2, 0) is 4.79 Å². The number of carbonyl (C=O) groups excluding carboxylic acids is 1. The van der Waals surface area contributed by atoms with Gasteiger partial charge < -0.3 is 5.32 Å². The van der Waals surface area contributed by atoms with Crippen LogP contribution >= 0.6 is 11.8 Å². The number of allylic oxidation sites excluding steroid dienone is 1. The van der Waals surface area contributed by atoms with E-state index in [1.54, 1.807) is 6.92 Å². The minimum absolute atomic E-state index is 0.0449. The molecule has 12 heavy (non-hydrogen) atoms. The molecule has 1 heterocycles. The summed E-state index contributed by atoms with van der Waals surface area (Å²) in [5.74, 6) is 1.10. The summed E-state index contributed by atoms with van der Waals surface area (Å²) < 4.78 is 0. The second kappa shape index (κ2) is 3.99. The van der Waals surface area contributed by atoms with Gasteiger partial charge in [-0.05, 0) is 18.9 Å². The van der Waals surface area contributed by atoms with Crippen molar-refractivity contribution in [3.05, 3.63) is 11.3 Å². The lowest BCUT2D eigenvalue weighted by atomic mass is 10.1. The molecule has 3 heteroatoms. The van der Waals surface area contributed by atoms with Crippen molar-refractivity contribution in [2.45, 2.75) is 32.4 Å². The molecule has 2 nitrogen and oxygen atoms in total. The normalized spacial score (nSPS) is 24.1. The van der Waals surface area contributed by atoms with Gasteiger partial charge in [-0.1, -0.05) is 6.92 Å². The van der Waals surface area contributed by atoms with Crippen LogP contribution in [0.5, 0.6) is 0 Å². The van der Waals surface area contributed by atoms with Gasteiger partial charge >= 0.3 is 0 Å². The van der Waals surface area contributed by atoms with E-state index >= 15 is 0 Å². The first kappa shape index (κ1) is 9.65. The van der Waals surface area contributed by atoms with Gasteiger partial charge in [-0.3, -0.25) is 4.79 Å². The summed E-state index contributed by atoms with van der Waals surface area (Å²) in [6, 6.07) is 0. The molecule has 0 saturated carbocycles. The van der Waals surface area contributed by atoms with Crippen molar-refractivity contribution >= 4 is 17.7 Å². The molecule has 0 radical (unpaired) electrons. The zero-order valence-electron chi connectivity index (χ0n) is 7.81. The average molecular weight is 185 g/mol. The number of hydrogen-bond acceptors (Lipinski definition) is 2. The molecule has 1 amide bonds. The Balaban J connectivity index is 2.64. The fraction of sp³-hybridized carbons (Fsp3) is 0.667. The van der Waals surface area contributed by atoms with Crippen LogP contribution in [0.2, 0.25) is 0 Å². The van der Waals surface area contributed by atoms with Crippen molar-refractivity contribution in [2.24, 2.45) is 0 Å². The maximum absolute atomic E-state index is 10.8. The van der Waals surface area contributed by atoms with Crippen molar-refractivity contribution in [3.8, 4) is 0 Å². The summed E-state index contributed by atoms with van der Waals surface area (Å²) in [4.78, 5) is 10.8. The molecule has 0 spiro atoms. The van der Waals surface area contributed by atoms with Gasteiger partial charge in [0.1, 0.15) is 0 Å². The Morgan fingerprint density at radius 2 is 2.33 bits per heavy atom. The van der Waals surface area contributed by atoms with Gasteiger partial charge in [-0.2, -0.15) is 11.8 Å². The van der Waals surface area contributed by atoms with Crippen LogP contribution < -0.4 is 5.32 Å². The van der Waals surface area contributed by atoms with E-state index in [4.69, 9.17) is 0 Å². The molecule has 1 N–H and O–H groups in total. The third kappa shape index (κ3) is 2.55. The second-order valence-electron chi connectivity index (χ2n) is 3.27. The van der Waals surface area contributed by atoms with Crippen LogP contribution in [0.3, 0.4) is 0 Å². The van der Waals surface area contributed by atoms with Crippen LogP contribution in [0.15, 0.2) is 11.3 Å². The van der Waals surface area contributed by atoms with E-state index in [1.165, 1.54) is 5.57 Å². The van der Waals surface area contributed by atoms with Crippen LogP contribution in [0.25, 0.3) is 0 Å². The molecule has 1 rings (SSSR count). The Bertz CT molecular complexity index is 223. The first-order valence-corrected chi connectivity index (χ1v) is 5.22. The summed E-state index contributed by atoms with van der Waals surface area (Å²) >= 11 is 1.95. The van der Waals surface area contributed by atoms with Gasteiger partial charge in [0.05, 0.1) is 0 Å². The molecular weight excluding hydrogens is 170 g/mol. The Labute approximate surface area is 77.8 Å². The van der Waals surface area contributed by atoms with E-state index < -0.39 is 0 Å². The maximum atomic E-state index is 10.8. The highest BCUT2D eigenvalue weighted by atomic mass is 32.2. The number of amides is 1. The fourth-order valence-corrected chi connectivity index (χ4v) is 2.24. The highest BCUT2D eigenvalue weighted by Gasteiger charge is 2.15. The van der Waals surface area contributed by atoms with Gasteiger partial charge in [0.25, 0.3) is 0 Å². The Kier molecular flexibility index (Phi) is 3.20. The Hall–Kier alpha value is -0.440. The number of hydrogen-bond donors (Lipinski definition) is 1. The monoisotopic (exact) mass is 185 g/mol. The van der Waals surface area contributed by atoms with E-state index in [1.807, 2.05) is 11.8 Å². The molecule has 1 aliphatic rings. The lowest BCUT2D eigenvalue weighted by Crippen LogP contribution is -2.25. The molecular formula is C9H15NOS. The first-order valence-electron chi connectivity index (χ1n) is 4.17. The number of carbonyl (C=O) groups is 1. The topological polar surface area (TPSA) is 29.1 Å². The van der Waals surface area contributed by atoms with Crippen molar-refractivity contribution in [1.82, 2.24) is 5.32 Å². The quantitative estimate of drug-likeness (QED) is 0.676. The van der Waals surface area contributed by atoms with Gasteiger partial charge in [0.2, 0.25) is 5.91 Å². The summed E-state index contributed by atoms with van der Waals surface area (Å²) in [6.07, 6.45) is 0.996. The second-order valence-corrected chi connectivity index (χ2v) is 4.69. The van der Waals surface area contributed by atoms with Crippen molar-refractivity contribution in [1.29, 1.82) is 0 Å². The molecule has 0 aromatic heterocycles. The lowest BCUT2D eigenvalue weighted by molar-refractivity contribution is -0.118. The third-order valence-electron chi connectivity index (χ3n) is 1.92. The number of thioether (sulfide) groups is 1. The first-order chi connectivity index (χ1) is 5.59. The van der Waals surface area contributed by atoms with Crippen molar-refractivity contribution < 1.29 is 4.79 Å². The van der Waals surface area contributed by atoms with Gasteiger partial charge in [0.15, 0.2) is 0 Å². The standard InChI is InChI=1S/C9H15NOS/c1-6-5-12-7(2)4-9(6)10-8(3)11/h7H,4-5H2,1-3H3,(H,10,11). The molecule has 1 aliphatic heterocycles. The molecule has 0 fully saturated rings. The molecule has 0 bridgehead atoms. The zero-order chi connectivity index (χ0) is 9.14. The van der Waals surface area contributed by atoms with Crippen LogP contribution in [-0.4, -0.2) is 16.9 Å². The highest BCUT2D eigenvalue weighted by molar-refractivity contribution is 8.00. The molecule has 68 valence electrons. The molecule has 0 aliphatic carbocycles. The largest absolute Gasteiger partial charge is 0.330 e. The number of rotatable bonds is 1. The smallest absolute Gasteiger partial charge is 0.220 e. The van der Waals surface area contributed by atoms with E-state index in [0.717, 1.165) is 17.9 Å². The molecule has 0 aromatic rings. The van der Waals surface area contributed by atoms with Crippen LogP contribution in [0.1, 0.15) is 27.2 Å². The van der Waals surface area contributed by atoms with Gasteiger partial charge in [-0.25, -0.2) is 0 Å². The van der Waals surface area contributed by atoms with Gasteiger partial charge in [-0.15, -0.1) is 0 Å². The minimum Gasteiger partial charge on any atom is -0.330 e. The molecule has 1 unspecified atom stereocenters. The van der Waals surface area contributed by atoms with Crippen LogP contribution in [0.4, 0.5) is 0 Å². The van der Waals surface area contributed by atoms with E-state index in [0.29, 0.717) is 5.25 Å². The van der Waals surface area contributed by atoms with E-state index in [2.05, 4.69) is 19.2 Å². The predicted molar refractivity (Wildman–Crippen MR) is 53.1 cm³/mol. The summed E-state index contributed by atoms with van der Waals surface area (Å²) in [5.41, 5.74) is 2.45. The summed E-state index contributed by atoms with van der Waals surface area (Å²) in [7, 11) is 0. The SMILES string of the molecule is CC(=O)NC1=C(C)CSC(C)C1. The third-order valence-corrected chi connectivity index (χ3v) is 3.25. The fourth-order valence-electron chi connectivity index (χ4n) is 1.25. The van der Waals surface area contributed by atoms with Gasteiger partial charge in [0, 0.05) is 23.6 Å². The zero-order valence-corrected chi connectivity index (χ0v) is 8.62. The molecule has 1 atom stereocenters. The Morgan fingerprint density at radius 1 is 1.67 bits per heavy atom. The van der Waals surface area contributed by atoms with E-state index in [-0.39, 0.29) is 5.91 Å². The van der Waals surface area contributed by atoms with Crippen molar-refractivity contribution in [2.75, 3.05) is 5.75 Å². The Morgan fingerprint density at radius 3 is 2.92 bits per heavy atom. The van der Waals surface area contributed by atoms with E-state index in [9.17, 15) is 4.79 Å². The number of nitrogens with one attached hydrogen (secondary N) is 1. The average Bonchev–Trinajstić information content (AvgIpc) is 1.96. The van der Waals surface area contributed by atoms with Crippen molar-refractivity contribution in [3.63, 3.8) is 0 Å². The molecule has 0 aromatic carbocycles. The lowest BCUT2D eigenvalue weighted by Gasteiger charge is -2.22. The molecule has 0 saturated heterocycles.